The molecule has 4 nitrogen and oxygen atoms in total. The molecule has 2 aromatic carbocycles. The van der Waals surface area contributed by atoms with Crippen molar-refractivity contribution in [3.05, 3.63) is 65.7 Å². The standard InChI is InChI=1S/C19H18F2N2O2/c1-23-17(24)10-9-15(18(23)14-7-2-3-8-16(14)21)19(25)22-13-6-4-5-12(20)11-13/h2-8,11,15,18H,9-10H2,1H3,(H,22,25)/t15-,18-/m1/s1. The Morgan fingerprint density at radius 2 is 1.92 bits per heavy atom. The first kappa shape index (κ1) is 17.1. The van der Waals surface area contributed by atoms with Crippen LogP contribution in [0.3, 0.4) is 0 Å². The normalized spacial score (nSPS) is 20.4. The second-order valence-corrected chi connectivity index (χ2v) is 6.12. The molecule has 0 spiro atoms. The Labute approximate surface area is 144 Å². The number of amides is 2. The lowest BCUT2D eigenvalue weighted by Gasteiger charge is -2.38. The molecule has 3 rings (SSSR count). The molecule has 1 saturated heterocycles. The lowest BCUT2D eigenvalue weighted by molar-refractivity contribution is -0.140. The van der Waals surface area contributed by atoms with Gasteiger partial charge in [0.05, 0.1) is 12.0 Å². The smallest absolute Gasteiger partial charge is 0.229 e. The van der Waals surface area contributed by atoms with E-state index in [9.17, 15) is 18.4 Å². The summed E-state index contributed by atoms with van der Waals surface area (Å²) in [7, 11) is 1.57. The summed E-state index contributed by atoms with van der Waals surface area (Å²) in [4.78, 5) is 26.2. The number of piperidine rings is 1. The minimum Gasteiger partial charge on any atom is -0.338 e. The third kappa shape index (κ3) is 3.52. The summed E-state index contributed by atoms with van der Waals surface area (Å²) in [6, 6.07) is 11.0. The Morgan fingerprint density at radius 1 is 1.16 bits per heavy atom. The van der Waals surface area contributed by atoms with Crippen LogP contribution in [0.2, 0.25) is 0 Å². The number of carbonyl (C=O) groups excluding carboxylic acids is 2. The average molecular weight is 344 g/mol. The van der Waals surface area contributed by atoms with Gasteiger partial charge in [0.25, 0.3) is 0 Å². The van der Waals surface area contributed by atoms with Crippen molar-refractivity contribution in [3.63, 3.8) is 0 Å². The first-order valence-corrected chi connectivity index (χ1v) is 8.04. The molecule has 1 fully saturated rings. The van der Waals surface area contributed by atoms with Crippen molar-refractivity contribution in [1.29, 1.82) is 0 Å². The number of benzene rings is 2. The Bertz CT molecular complexity index is 810. The summed E-state index contributed by atoms with van der Waals surface area (Å²) in [6.45, 7) is 0. The van der Waals surface area contributed by atoms with Crippen molar-refractivity contribution >= 4 is 17.5 Å². The molecule has 0 bridgehead atoms. The highest BCUT2D eigenvalue weighted by molar-refractivity contribution is 5.94. The van der Waals surface area contributed by atoms with Gasteiger partial charge in [-0.25, -0.2) is 8.78 Å². The maximum atomic E-state index is 14.3. The van der Waals surface area contributed by atoms with E-state index in [-0.39, 0.29) is 18.2 Å². The van der Waals surface area contributed by atoms with E-state index in [2.05, 4.69) is 5.32 Å². The third-order valence-electron chi connectivity index (χ3n) is 4.51. The number of anilines is 1. The van der Waals surface area contributed by atoms with E-state index in [1.807, 2.05) is 0 Å². The van der Waals surface area contributed by atoms with Gasteiger partial charge in [-0.05, 0) is 30.7 Å². The SMILES string of the molecule is CN1C(=O)CC[C@@H](C(=O)Nc2cccc(F)c2)[C@H]1c1ccccc1F. The van der Waals surface area contributed by atoms with Crippen LogP contribution in [0.5, 0.6) is 0 Å². The number of halogens is 2. The zero-order chi connectivity index (χ0) is 18.0. The second kappa shape index (κ2) is 7.01. The summed E-state index contributed by atoms with van der Waals surface area (Å²) in [5, 5.41) is 2.67. The highest BCUT2D eigenvalue weighted by Gasteiger charge is 2.40. The highest BCUT2D eigenvalue weighted by Crippen LogP contribution is 2.37. The van der Waals surface area contributed by atoms with Crippen LogP contribution in [0.1, 0.15) is 24.4 Å². The van der Waals surface area contributed by atoms with Gasteiger partial charge in [0.2, 0.25) is 11.8 Å². The summed E-state index contributed by atoms with van der Waals surface area (Å²) in [6.07, 6.45) is 0.520. The van der Waals surface area contributed by atoms with E-state index in [4.69, 9.17) is 0 Å². The van der Waals surface area contributed by atoms with Crippen LogP contribution >= 0.6 is 0 Å². The van der Waals surface area contributed by atoms with E-state index in [0.29, 0.717) is 17.7 Å². The van der Waals surface area contributed by atoms with Crippen molar-refractivity contribution in [2.45, 2.75) is 18.9 Å². The number of nitrogens with one attached hydrogen (secondary N) is 1. The van der Waals surface area contributed by atoms with Gasteiger partial charge in [0.15, 0.2) is 0 Å². The van der Waals surface area contributed by atoms with Gasteiger partial charge in [0.1, 0.15) is 11.6 Å². The van der Waals surface area contributed by atoms with Gasteiger partial charge in [-0.2, -0.15) is 0 Å². The van der Waals surface area contributed by atoms with E-state index in [0.717, 1.165) is 0 Å². The predicted molar refractivity (Wildman–Crippen MR) is 89.7 cm³/mol. The zero-order valence-electron chi connectivity index (χ0n) is 13.7. The molecule has 1 aliphatic heterocycles. The van der Waals surface area contributed by atoms with E-state index in [1.54, 1.807) is 31.3 Å². The molecule has 6 heteroatoms. The largest absolute Gasteiger partial charge is 0.338 e. The van der Waals surface area contributed by atoms with Crippen molar-refractivity contribution in [3.8, 4) is 0 Å². The minimum atomic E-state index is -0.698. The van der Waals surface area contributed by atoms with Gasteiger partial charge in [-0.15, -0.1) is 0 Å². The molecular weight excluding hydrogens is 326 g/mol. The first-order chi connectivity index (χ1) is 12.0. The molecule has 1 heterocycles. The molecule has 130 valence electrons. The summed E-state index contributed by atoms with van der Waals surface area (Å²) >= 11 is 0. The fourth-order valence-corrected chi connectivity index (χ4v) is 3.25. The van der Waals surface area contributed by atoms with Crippen LogP contribution in [0.25, 0.3) is 0 Å². The average Bonchev–Trinajstić information content (AvgIpc) is 2.58. The number of hydrogen-bond donors (Lipinski definition) is 1. The Hall–Kier alpha value is -2.76. The third-order valence-corrected chi connectivity index (χ3v) is 4.51. The van der Waals surface area contributed by atoms with Crippen LogP contribution in [0, 0.1) is 17.6 Å². The fraction of sp³-hybridized carbons (Fsp3) is 0.263. The Balaban J connectivity index is 1.90. The van der Waals surface area contributed by atoms with Gasteiger partial charge in [0, 0.05) is 24.7 Å². The predicted octanol–water partition coefficient (Wildman–Crippen LogP) is 3.51. The van der Waals surface area contributed by atoms with E-state index < -0.39 is 23.6 Å². The fourth-order valence-electron chi connectivity index (χ4n) is 3.25. The molecule has 0 aromatic heterocycles. The highest BCUT2D eigenvalue weighted by atomic mass is 19.1. The van der Waals surface area contributed by atoms with Gasteiger partial charge >= 0.3 is 0 Å². The molecule has 0 radical (unpaired) electrons. The number of likely N-dealkylation sites (tertiary alicyclic amines) is 1. The van der Waals surface area contributed by atoms with Crippen molar-refractivity contribution in [1.82, 2.24) is 4.90 Å². The molecule has 1 N–H and O–H groups in total. The first-order valence-electron chi connectivity index (χ1n) is 8.04. The Kier molecular flexibility index (Phi) is 4.79. The van der Waals surface area contributed by atoms with Crippen LogP contribution < -0.4 is 5.32 Å². The van der Waals surface area contributed by atoms with Gasteiger partial charge in [-0.3, -0.25) is 9.59 Å². The van der Waals surface area contributed by atoms with Crippen LogP contribution in [0.4, 0.5) is 14.5 Å². The molecular formula is C19H18F2N2O2. The summed E-state index contributed by atoms with van der Waals surface area (Å²) in [5.41, 5.74) is 0.634. The van der Waals surface area contributed by atoms with E-state index >= 15 is 0 Å². The monoisotopic (exact) mass is 344 g/mol. The number of carbonyl (C=O) groups is 2. The molecule has 0 saturated carbocycles. The maximum Gasteiger partial charge on any atom is 0.229 e. The minimum absolute atomic E-state index is 0.136. The van der Waals surface area contributed by atoms with Crippen LogP contribution in [0.15, 0.2) is 48.5 Å². The van der Waals surface area contributed by atoms with Crippen LogP contribution in [-0.4, -0.2) is 23.8 Å². The van der Waals surface area contributed by atoms with Crippen LogP contribution in [-0.2, 0) is 9.59 Å². The molecule has 25 heavy (non-hydrogen) atoms. The topological polar surface area (TPSA) is 49.4 Å². The summed E-state index contributed by atoms with van der Waals surface area (Å²) in [5.74, 6) is -2.04. The molecule has 0 unspecified atom stereocenters. The van der Waals surface area contributed by atoms with Crippen molar-refractivity contribution in [2.24, 2.45) is 5.92 Å². The quantitative estimate of drug-likeness (QED) is 0.926. The molecule has 2 aromatic rings. The van der Waals surface area contributed by atoms with Crippen molar-refractivity contribution in [2.75, 3.05) is 12.4 Å². The lowest BCUT2D eigenvalue weighted by atomic mass is 9.83. The number of rotatable bonds is 3. The maximum absolute atomic E-state index is 14.3. The molecule has 2 amide bonds. The second-order valence-electron chi connectivity index (χ2n) is 6.12. The molecule has 1 aliphatic rings. The zero-order valence-corrected chi connectivity index (χ0v) is 13.7. The Morgan fingerprint density at radius 3 is 2.64 bits per heavy atom. The van der Waals surface area contributed by atoms with Crippen molar-refractivity contribution < 1.29 is 18.4 Å². The lowest BCUT2D eigenvalue weighted by Crippen LogP contribution is -2.44. The molecule has 2 atom stereocenters. The van der Waals surface area contributed by atoms with Gasteiger partial charge < -0.3 is 10.2 Å². The number of hydrogen-bond acceptors (Lipinski definition) is 2. The molecule has 0 aliphatic carbocycles. The van der Waals surface area contributed by atoms with E-state index in [1.165, 1.54) is 29.2 Å². The summed E-state index contributed by atoms with van der Waals surface area (Å²) < 4.78 is 27.6. The van der Waals surface area contributed by atoms with Gasteiger partial charge in [-0.1, -0.05) is 24.3 Å². The number of nitrogens with zero attached hydrogens (tertiary/aromatic N) is 1.